The quantitative estimate of drug-likeness (QED) is 0.831. The molecule has 1 aromatic heterocycles. The predicted octanol–water partition coefficient (Wildman–Crippen LogP) is 0.628. The van der Waals surface area contributed by atoms with Gasteiger partial charge in [0.2, 0.25) is 0 Å². The molecule has 0 aromatic carbocycles. The Labute approximate surface area is 100 Å². The number of hydrogen-bond acceptors (Lipinski definition) is 4. The number of aromatic nitrogens is 2. The average molecular weight is 235 g/mol. The van der Waals surface area contributed by atoms with E-state index in [2.05, 4.69) is 9.97 Å². The first kappa shape index (κ1) is 12.0. The standard InChI is InChI=1S/C12H17N3O2/c1-8-5-10(14-7-13-8)12(17)15(2)6-11(16)9-3-4-9/h5,7,9,11,16H,3-4,6H2,1-2H3. The van der Waals surface area contributed by atoms with Crippen molar-refractivity contribution >= 4 is 5.91 Å². The summed E-state index contributed by atoms with van der Waals surface area (Å²) in [6.07, 6.45) is 3.10. The van der Waals surface area contributed by atoms with E-state index in [4.69, 9.17) is 0 Å². The van der Waals surface area contributed by atoms with Crippen LogP contribution in [0.3, 0.4) is 0 Å². The van der Waals surface area contributed by atoms with Crippen LogP contribution in [-0.4, -0.2) is 45.6 Å². The van der Waals surface area contributed by atoms with Crippen molar-refractivity contribution in [1.29, 1.82) is 0 Å². The molecule has 17 heavy (non-hydrogen) atoms. The Morgan fingerprint density at radius 3 is 2.88 bits per heavy atom. The molecule has 1 aromatic rings. The Kier molecular flexibility index (Phi) is 3.38. The lowest BCUT2D eigenvalue weighted by molar-refractivity contribution is 0.0640. The molecule has 1 saturated carbocycles. The molecule has 1 amide bonds. The zero-order valence-electron chi connectivity index (χ0n) is 10.1. The molecule has 1 N–H and O–H groups in total. The zero-order chi connectivity index (χ0) is 12.4. The van der Waals surface area contributed by atoms with Crippen LogP contribution in [0.5, 0.6) is 0 Å². The first-order chi connectivity index (χ1) is 8.08. The van der Waals surface area contributed by atoms with Crippen molar-refractivity contribution in [2.45, 2.75) is 25.9 Å². The summed E-state index contributed by atoms with van der Waals surface area (Å²) in [4.78, 5) is 21.4. The lowest BCUT2D eigenvalue weighted by atomic mass is 10.2. The summed E-state index contributed by atoms with van der Waals surface area (Å²) in [5.41, 5.74) is 1.14. The van der Waals surface area contributed by atoms with Gasteiger partial charge in [-0.1, -0.05) is 0 Å². The van der Waals surface area contributed by atoms with Crippen LogP contribution < -0.4 is 0 Å². The first-order valence-electron chi connectivity index (χ1n) is 5.80. The van der Waals surface area contributed by atoms with Gasteiger partial charge < -0.3 is 10.0 Å². The van der Waals surface area contributed by atoms with Gasteiger partial charge in [-0.05, 0) is 31.7 Å². The van der Waals surface area contributed by atoms with Gasteiger partial charge in [-0.25, -0.2) is 9.97 Å². The Bertz CT molecular complexity index is 418. The van der Waals surface area contributed by atoms with E-state index in [1.165, 1.54) is 11.2 Å². The van der Waals surface area contributed by atoms with Crippen LogP contribution in [0.4, 0.5) is 0 Å². The number of likely N-dealkylation sites (N-methyl/N-ethyl adjacent to an activating group) is 1. The van der Waals surface area contributed by atoms with E-state index in [0.717, 1.165) is 18.5 Å². The Morgan fingerprint density at radius 2 is 2.29 bits per heavy atom. The van der Waals surface area contributed by atoms with Gasteiger partial charge in [-0.3, -0.25) is 4.79 Å². The summed E-state index contributed by atoms with van der Waals surface area (Å²) in [5, 5.41) is 9.78. The highest BCUT2D eigenvalue weighted by molar-refractivity contribution is 5.92. The number of carbonyl (C=O) groups is 1. The summed E-state index contributed by atoms with van der Waals surface area (Å²) in [6.45, 7) is 2.18. The smallest absolute Gasteiger partial charge is 0.272 e. The minimum atomic E-state index is -0.410. The average Bonchev–Trinajstić information content (AvgIpc) is 3.11. The molecule has 0 radical (unpaired) electrons. The number of carbonyl (C=O) groups excluding carboxylic acids is 1. The number of amides is 1. The van der Waals surface area contributed by atoms with E-state index in [9.17, 15) is 9.90 Å². The van der Waals surface area contributed by atoms with Crippen LogP contribution in [0.15, 0.2) is 12.4 Å². The molecule has 0 saturated heterocycles. The van der Waals surface area contributed by atoms with Gasteiger partial charge in [-0.15, -0.1) is 0 Å². The van der Waals surface area contributed by atoms with Crippen molar-refractivity contribution in [3.63, 3.8) is 0 Å². The molecule has 2 rings (SSSR count). The van der Waals surface area contributed by atoms with Crippen molar-refractivity contribution in [2.75, 3.05) is 13.6 Å². The Morgan fingerprint density at radius 1 is 1.59 bits per heavy atom. The summed E-state index contributed by atoms with van der Waals surface area (Å²) in [5.74, 6) is 0.201. The summed E-state index contributed by atoms with van der Waals surface area (Å²) in [6, 6.07) is 1.66. The van der Waals surface area contributed by atoms with Crippen molar-refractivity contribution in [1.82, 2.24) is 14.9 Å². The number of aliphatic hydroxyl groups is 1. The Hall–Kier alpha value is -1.49. The molecule has 1 fully saturated rings. The second-order valence-electron chi connectivity index (χ2n) is 4.64. The van der Waals surface area contributed by atoms with E-state index in [1.54, 1.807) is 13.1 Å². The van der Waals surface area contributed by atoms with Crippen LogP contribution >= 0.6 is 0 Å². The molecule has 5 nitrogen and oxygen atoms in total. The molecule has 1 aliphatic carbocycles. The van der Waals surface area contributed by atoms with Gasteiger partial charge in [0.15, 0.2) is 0 Å². The highest BCUT2D eigenvalue weighted by Crippen LogP contribution is 2.32. The molecule has 1 aliphatic rings. The molecule has 0 spiro atoms. The molecule has 1 heterocycles. The number of nitrogens with zero attached hydrogens (tertiary/aromatic N) is 3. The second-order valence-corrected chi connectivity index (χ2v) is 4.64. The van der Waals surface area contributed by atoms with Crippen LogP contribution in [-0.2, 0) is 0 Å². The third kappa shape index (κ3) is 3.00. The monoisotopic (exact) mass is 235 g/mol. The molecular weight excluding hydrogens is 218 g/mol. The number of aliphatic hydroxyl groups excluding tert-OH is 1. The fourth-order valence-electron chi connectivity index (χ4n) is 1.76. The van der Waals surface area contributed by atoms with Crippen LogP contribution in [0.1, 0.15) is 29.0 Å². The Balaban J connectivity index is 1.98. The van der Waals surface area contributed by atoms with Gasteiger partial charge in [0.25, 0.3) is 5.91 Å². The predicted molar refractivity (Wildman–Crippen MR) is 62.5 cm³/mol. The van der Waals surface area contributed by atoms with Crippen molar-refractivity contribution in [3.8, 4) is 0 Å². The second kappa shape index (κ2) is 4.79. The van der Waals surface area contributed by atoms with Crippen LogP contribution in [0, 0.1) is 12.8 Å². The lowest BCUT2D eigenvalue weighted by Gasteiger charge is -2.20. The summed E-state index contributed by atoms with van der Waals surface area (Å²) >= 11 is 0. The minimum absolute atomic E-state index is 0.171. The third-order valence-corrected chi connectivity index (χ3v) is 3.00. The number of rotatable bonds is 4. The fraction of sp³-hybridized carbons (Fsp3) is 0.583. The van der Waals surface area contributed by atoms with Gasteiger partial charge in [0.1, 0.15) is 12.0 Å². The minimum Gasteiger partial charge on any atom is -0.391 e. The SMILES string of the molecule is Cc1cc(C(=O)N(C)CC(O)C2CC2)ncn1. The molecule has 1 unspecified atom stereocenters. The highest BCUT2D eigenvalue weighted by atomic mass is 16.3. The highest BCUT2D eigenvalue weighted by Gasteiger charge is 2.31. The molecule has 92 valence electrons. The van der Waals surface area contributed by atoms with Crippen molar-refractivity contribution < 1.29 is 9.90 Å². The van der Waals surface area contributed by atoms with Gasteiger partial charge in [0.05, 0.1) is 6.10 Å². The van der Waals surface area contributed by atoms with Crippen molar-refractivity contribution in [3.05, 3.63) is 23.8 Å². The van der Waals surface area contributed by atoms with E-state index in [1.807, 2.05) is 6.92 Å². The summed E-state index contributed by atoms with van der Waals surface area (Å²) in [7, 11) is 1.69. The van der Waals surface area contributed by atoms with E-state index in [-0.39, 0.29) is 5.91 Å². The largest absolute Gasteiger partial charge is 0.391 e. The van der Waals surface area contributed by atoms with E-state index in [0.29, 0.717) is 18.2 Å². The molecule has 0 aliphatic heterocycles. The fourth-order valence-corrected chi connectivity index (χ4v) is 1.76. The molecule has 0 bridgehead atoms. The van der Waals surface area contributed by atoms with E-state index >= 15 is 0 Å². The normalized spacial score (nSPS) is 16.6. The van der Waals surface area contributed by atoms with Crippen LogP contribution in [0.2, 0.25) is 0 Å². The topological polar surface area (TPSA) is 66.3 Å². The molecule has 1 atom stereocenters. The van der Waals surface area contributed by atoms with Crippen LogP contribution in [0.25, 0.3) is 0 Å². The lowest BCUT2D eigenvalue weighted by Crippen LogP contribution is -2.35. The van der Waals surface area contributed by atoms with Gasteiger partial charge >= 0.3 is 0 Å². The zero-order valence-corrected chi connectivity index (χ0v) is 10.1. The maximum Gasteiger partial charge on any atom is 0.272 e. The maximum atomic E-state index is 12.0. The van der Waals surface area contributed by atoms with E-state index < -0.39 is 6.10 Å². The molecular formula is C12H17N3O2. The van der Waals surface area contributed by atoms with Gasteiger partial charge in [0, 0.05) is 19.3 Å². The number of hydrogen-bond donors (Lipinski definition) is 1. The third-order valence-electron chi connectivity index (χ3n) is 3.00. The van der Waals surface area contributed by atoms with Gasteiger partial charge in [-0.2, -0.15) is 0 Å². The van der Waals surface area contributed by atoms with Crippen molar-refractivity contribution in [2.24, 2.45) is 5.92 Å². The summed E-state index contributed by atoms with van der Waals surface area (Å²) < 4.78 is 0. The maximum absolute atomic E-state index is 12.0. The number of aryl methyl sites for hydroxylation is 1. The first-order valence-corrected chi connectivity index (χ1v) is 5.80. The molecule has 5 heteroatoms.